The Balaban J connectivity index is 2.07. The zero-order valence-corrected chi connectivity index (χ0v) is 11.1. The number of anilines is 1. The fraction of sp³-hybridized carbons (Fsp3) is 0.0769. The first-order valence-corrected chi connectivity index (χ1v) is 6.37. The molecule has 2 rings (SSSR count). The summed E-state index contributed by atoms with van der Waals surface area (Å²) in [6, 6.07) is 4.95. The van der Waals surface area contributed by atoms with Crippen molar-refractivity contribution >= 4 is 22.4 Å². The van der Waals surface area contributed by atoms with Crippen molar-refractivity contribution in [3.63, 3.8) is 0 Å². The Morgan fingerprint density at radius 2 is 2.25 bits per heavy atom. The maximum atomic E-state index is 11.9. The Hall–Kier alpha value is -2.74. The second kappa shape index (κ2) is 6.43. The predicted molar refractivity (Wildman–Crippen MR) is 75.0 cm³/mol. The fourth-order valence-electron chi connectivity index (χ4n) is 1.28. The molecular formula is C13H9N5OS. The van der Waals surface area contributed by atoms with Gasteiger partial charge in [0.1, 0.15) is 11.8 Å². The van der Waals surface area contributed by atoms with Gasteiger partial charge in [-0.2, -0.15) is 5.26 Å². The Bertz CT molecular complexity index is 718. The van der Waals surface area contributed by atoms with Crippen molar-refractivity contribution in [2.75, 3.05) is 11.9 Å². The van der Waals surface area contributed by atoms with Gasteiger partial charge in [0.15, 0.2) is 5.13 Å². The van der Waals surface area contributed by atoms with Crippen molar-refractivity contribution in [1.82, 2.24) is 9.97 Å². The van der Waals surface area contributed by atoms with Gasteiger partial charge in [-0.05, 0) is 12.1 Å². The lowest BCUT2D eigenvalue weighted by Crippen LogP contribution is -2.13. The summed E-state index contributed by atoms with van der Waals surface area (Å²) >= 11 is 1.25. The normalized spacial score (nSPS) is 9.20. The van der Waals surface area contributed by atoms with E-state index < -0.39 is 0 Å². The quantitative estimate of drug-likeness (QED) is 0.799. The number of carbonyl (C=O) groups excluding carboxylic acids is 1. The van der Waals surface area contributed by atoms with Crippen LogP contribution in [0.5, 0.6) is 0 Å². The summed E-state index contributed by atoms with van der Waals surface area (Å²) in [5.74, 6) is 5.15. The van der Waals surface area contributed by atoms with Gasteiger partial charge in [-0.1, -0.05) is 23.2 Å². The molecule has 2 aromatic rings. The maximum absolute atomic E-state index is 11.9. The number of rotatable bonds is 2. The number of pyridine rings is 1. The Morgan fingerprint density at radius 1 is 1.40 bits per heavy atom. The van der Waals surface area contributed by atoms with Gasteiger partial charge in [0.2, 0.25) is 0 Å². The molecule has 1 amide bonds. The molecule has 2 heterocycles. The van der Waals surface area contributed by atoms with Crippen LogP contribution in [0.25, 0.3) is 0 Å². The Labute approximate surface area is 119 Å². The molecule has 7 heteroatoms. The molecule has 0 aromatic carbocycles. The van der Waals surface area contributed by atoms with E-state index in [4.69, 9.17) is 11.0 Å². The minimum Gasteiger partial charge on any atom is -0.320 e. The van der Waals surface area contributed by atoms with Crippen LogP contribution < -0.4 is 11.1 Å². The molecule has 0 unspecified atom stereocenters. The lowest BCUT2D eigenvalue weighted by molar-refractivity contribution is 0.102. The molecular weight excluding hydrogens is 274 g/mol. The molecule has 0 fully saturated rings. The van der Waals surface area contributed by atoms with Crippen LogP contribution in [0.3, 0.4) is 0 Å². The van der Waals surface area contributed by atoms with E-state index in [2.05, 4.69) is 27.1 Å². The highest BCUT2D eigenvalue weighted by atomic mass is 32.1. The number of amides is 1. The molecule has 0 bridgehead atoms. The van der Waals surface area contributed by atoms with E-state index >= 15 is 0 Å². The predicted octanol–water partition coefficient (Wildman–Crippen LogP) is 0.972. The van der Waals surface area contributed by atoms with E-state index in [0.717, 1.165) is 4.88 Å². The third kappa shape index (κ3) is 3.39. The second-order valence-corrected chi connectivity index (χ2v) is 4.56. The van der Waals surface area contributed by atoms with Crippen LogP contribution in [0.2, 0.25) is 0 Å². The van der Waals surface area contributed by atoms with Gasteiger partial charge in [0.05, 0.1) is 23.2 Å². The third-order valence-electron chi connectivity index (χ3n) is 2.17. The number of hydrogen-bond acceptors (Lipinski definition) is 6. The van der Waals surface area contributed by atoms with Crippen LogP contribution in [0.4, 0.5) is 5.13 Å². The first-order valence-electron chi connectivity index (χ1n) is 5.55. The molecule has 0 saturated carbocycles. The van der Waals surface area contributed by atoms with Crippen LogP contribution in [0, 0.1) is 23.2 Å². The minimum atomic E-state index is -0.387. The largest absolute Gasteiger partial charge is 0.320 e. The molecule has 0 aliphatic carbocycles. The van der Waals surface area contributed by atoms with Crippen molar-refractivity contribution in [2.24, 2.45) is 5.73 Å². The van der Waals surface area contributed by atoms with Gasteiger partial charge in [0, 0.05) is 6.20 Å². The van der Waals surface area contributed by atoms with Crippen molar-refractivity contribution in [3.8, 4) is 17.9 Å². The number of carbonyl (C=O) groups is 1. The van der Waals surface area contributed by atoms with Gasteiger partial charge in [-0.15, -0.1) is 0 Å². The minimum absolute atomic E-state index is 0.216. The highest BCUT2D eigenvalue weighted by Gasteiger charge is 2.09. The SMILES string of the molecule is N#Cc1ccc(C(=O)Nc2ncc(C#CCN)s2)nc1. The molecule has 0 aliphatic rings. The van der Waals surface area contributed by atoms with Crippen molar-refractivity contribution < 1.29 is 4.79 Å². The van der Waals surface area contributed by atoms with Gasteiger partial charge < -0.3 is 5.73 Å². The molecule has 3 N–H and O–H groups in total. The van der Waals surface area contributed by atoms with Crippen LogP contribution in [0.1, 0.15) is 20.9 Å². The average Bonchev–Trinajstić information content (AvgIpc) is 2.92. The molecule has 6 nitrogen and oxygen atoms in total. The van der Waals surface area contributed by atoms with Gasteiger partial charge in [0.25, 0.3) is 5.91 Å². The molecule has 0 aliphatic heterocycles. The average molecular weight is 283 g/mol. The second-order valence-electron chi connectivity index (χ2n) is 3.53. The Kier molecular flexibility index (Phi) is 4.40. The monoisotopic (exact) mass is 283 g/mol. The summed E-state index contributed by atoms with van der Waals surface area (Å²) in [6.07, 6.45) is 2.91. The number of hydrogen-bond donors (Lipinski definition) is 2. The number of thiazole rings is 1. The van der Waals surface area contributed by atoms with Gasteiger partial charge in [-0.25, -0.2) is 9.97 Å². The number of nitrogens with zero attached hydrogens (tertiary/aromatic N) is 3. The van der Waals surface area contributed by atoms with Crippen molar-refractivity contribution in [3.05, 3.63) is 40.7 Å². The summed E-state index contributed by atoms with van der Waals surface area (Å²) < 4.78 is 0. The summed E-state index contributed by atoms with van der Waals surface area (Å²) in [7, 11) is 0. The lowest BCUT2D eigenvalue weighted by atomic mass is 10.2. The highest BCUT2D eigenvalue weighted by molar-refractivity contribution is 7.16. The summed E-state index contributed by atoms with van der Waals surface area (Å²) in [5.41, 5.74) is 5.89. The van der Waals surface area contributed by atoms with Gasteiger partial charge in [-0.3, -0.25) is 10.1 Å². The standard InChI is InChI=1S/C13H9N5OS/c14-5-1-2-10-8-17-13(20-10)18-12(19)11-4-3-9(6-15)7-16-11/h3-4,7-8H,5,14H2,(H,17,18,19). The van der Waals surface area contributed by atoms with E-state index in [0.29, 0.717) is 10.7 Å². The van der Waals surface area contributed by atoms with E-state index in [1.165, 1.54) is 29.7 Å². The number of nitrogens with two attached hydrogens (primary N) is 1. The van der Waals surface area contributed by atoms with E-state index in [1.807, 2.05) is 6.07 Å². The fourth-order valence-corrected chi connectivity index (χ4v) is 1.97. The summed E-state index contributed by atoms with van der Waals surface area (Å²) in [6.45, 7) is 0.273. The lowest BCUT2D eigenvalue weighted by Gasteiger charge is -2.00. The highest BCUT2D eigenvalue weighted by Crippen LogP contribution is 2.17. The molecule has 0 radical (unpaired) electrons. The van der Waals surface area contributed by atoms with Crippen LogP contribution >= 0.6 is 11.3 Å². The zero-order chi connectivity index (χ0) is 14.4. The molecule has 20 heavy (non-hydrogen) atoms. The topological polar surface area (TPSA) is 105 Å². The van der Waals surface area contributed by atoms with Gasteiger partial charge >= 0.3 is 0 Å². The van der Waals surface area contributed by atoms with Crippen LogP contribution in [0.15, 0.2) is 24.5 Å². The zero-order valence-electron chi connectivity index (χ0n) is 10.3. The van der Waals surface area contributed by atoms with Crippen molar-refractivity contribution in [1.29, 1.82) is 5.26 Å². The first kappa shape index (κ1) is 13.7. The maximum Gasteiger partial charge on any atom is 0.276 e. The Morgan fingerprint density at radius 3 is 2.90 bits per heavy atom. The van der Waals surface area contributed by atoms with E-state index in [9.17, 15) is 4.79 Å². The molecule has 0 atom stereocenters. The number of nitriles is 1. The van der Waals surface area contributed by atoms with Crippen LogP contribution in [-0.4, -0.2) is 22.4 Å². The summed E-state index contributed by atoms with van der Waals surface area (Å²) in [5, 5.41) is 11.7. The van der Waals surface area contributed by atoms with E-state index in [1.54, 1.807) is 6.20 Å². The number of aromatic nitrogens is 2. The first-order chi connectivity index (χ1) is 9.72. The smallest absolute Gasteiger partial charge is 0.276 e. The van der Waals surface area contributed by atoms with Crippen LogP contribution in [-0.2, 0) is 0 Å². The molecule has 2 aromatic heterocycles. The summed E-state index contributed by atoms with van der Waals surface area (Å²) in [4.78, 5) is 20.5. The third-order valence-corrected chi connectivity index (χ3v) is 2.99. The van der Waals surface area contributed by atoms with Crippen molar-refractivity contribution in [2.45, 2.75) is 0 Å². The molecule has 0 saturated heterocycles. The number of nitrogens with one attached hydrogen (secondary N) is 1. The molecule has 98 valence electrons. The van der Waals surface area contributed by atoms with E-state index in [-0.39, 0.29) is 18.1 Å². The molecule has 0 spiro atoms.